The van der Waals surface area contributed by atoms with Gasteiger partial charge in [0.15, 0.2) is 11.6 Å². The smallest absolute Gasteiger partial charge is 0.282 e. The third-order valence-electron chi connectivity index (χ3n) is 3.89. The van der Waals surface area contributed by atoms with Gasteiger partial charge < -0.3 is 0 Å². The largest absolute Gasteiger partial charge is 0.294 e. The molecule has 0 saturated heterocycles. The second kappa shape index (κ2) is 9.04. The summed E-state index contributed by atoms with van der Waals surface area (Å²) in [5, 5.41) is 15.8. The third kappa shape index (κ3) is 5.32. The molecule has 10 heteroatoms. The number of nitriles is 1. The van der Waals surface area contributed by atoms with Gasteiger partial charge in [0, 0.05) is 29.7 Å². The van der Waals surface area contributed by atoms with Gasteiger partial charge in [-0.1, -0.05) is 17.7 Å². The minimum Gasteiger partial charge on any atom is -0.282 e. The highest BCUT2D eigenvalue weighted by atomic mass is 32.2. The maximum Gasteiger partial charge on any atom is 0.294 e. The molecule has 0 aliphatic heterocycles. The number of aromatic amines is 1. The van der Waals surface area contributed by atoms with Crippen molar-refractivity contribution < 1.29 is 13.0 Å². The lowest BCUT2D eigenvalue weighted by molar-refractivity contribution is 0.483. The van der Waals surface area contributed by atoms with Gasteiger partial charge in [0.1, 0.15) is 11.8 Å². The van der Waals surface area contributed by atoms with E-state index in [9.17, 15) is 8.42 Å². The first-order chi connectivity index (χ1) is 14.4. The van der Waals surface area contributed by atoms with Crippen molar-refractivity contribution in [3.8, 4) is 28.8 Å². The van der Waals surface area contributed by atoms with Gasteiger partial charge >= 0.3 is 0 Å². The number of aromatic nitrogens is 5. The maximum absolute atomic E-state index is 10.5. The van der Waals surface area contributed by atoms with E-state index in [1.165, 1.54) is 12.1 Å². The Balaban J connectivity index is 0.000000199. The topological polar surface area (TPSA) is 146 Å². The van der Waals surface area contributed by atoms with Gasteiger partial charge in [-0.2, -0.15) is 18.8 Å². The van der Waals surface area contributed by atoms with Gasteiger partial charge in [0.05, 0.1) is 4.90 Å². The van der Waals surface area contributed by atoms with Crippen molar-refractivity contribution in [3.63, 3.8) is 0 Å². The Morgan fingerprint density at radius 3 is 2.30 bits per heavy atom. The van der Waals surface area contributed by atoms with E-state index < -0.39 is 10.1 Å². The van der Waals surface area contributed by atoms with E-state index in [1.54, 1.807) is 42.9 Å². The minimum absolute atomic E-state index is 0.0666. The highest BCUT2D eigenvalue weighted by Gasteiger charge is 2.08. The van der Waals surface area contributed by atoms with Crippen molar-refractivity contribution >= 4 is 10.1 Å². The second-order valence-electron chi connectivity index (χ2n) is 6.07. The first kappa shape index (κ1) is 20.8. The average Bonchev–Trinajstić information content (AvgIpc) is 3.25. The van der Waals surface area contributed by atoms with Crippen molar-refractivity contribution in [1.82, 2.24) is 25.1 Å². The van der Waals surface area contributed by atoms with Gasteiger partial charge in [0.25, 0.3) is 10.1 Å². The molecule has 2 N–H and O–H groups in total. The summed E-state index contributed by atoms with van der Waals surface area (Å²) >= 11 is 0. The van der Waals surface area contributed by atoms with Crippen LogP contribution in [0.5, 0.6) is 0 Å². The number of pyridine rings is 2. The molecule has 0 spiro atoms. The number of nitrogens with zero attached hydrogens (tertiary/aromatic N) is 5. The Morgan fingerprint density at radius 2 is 1.67 bits per heavy atom. The van der Waals surface area contributed by atoms with Crippen LogP contribution in [0.1, 0.15) is 11.3 Å². The lowest BCUT2D eigenvalue weighted by Gasteiger charge is -1.95. The molecule has 4 aromatic rings. The predicted octanol–water partition coefficient (Wildman–Crippen LogP) is 3.04. The van der Waals surface area contributed by atoms with Gasteiger partial charge in [-0.3, -0.25) is 14.6 Å². The second-order valence-corrected chi connectivity index (χ2v) is 7.49. The monoisotopic (exact) mass is 420 g/mol. The fourth-order valence-corrected chi connectivity index (χ4v) is 2.85. The van der Waals surface area contributed by atoms with Crippen molar-refractivity contribution in [3.05, 3.63) is 78.4 Å². The molecule has 150 valence electrons. The summed E-state index contributed by atoms with van der Waals surface area (Å²) in [6.07, 6.45) is 4.94. The Morgan fingerprint density at radius 1 is 1.00 bits per heavy atom. The van der Waals surface area contributed by atoms with E-state index in [4.69, 9.17) is 9.81 Å². The Kier molecular flexibility index (Phi) is 6.26. The number of nitrogens with one attached hydrogen (secondary N) is 1. The van der Waals surface area contributed by atoms with Crippen molar-refractivity contribution in [1.29, 1.82) is 5.26 Å². The summed E-state index contributed by atoms with van der Waals surface area (Å²) in [6.45, 7) is 1.84. The van der Waals surface area contributed by atoms with Crippen LogP contribution < -0.4 is 0 Å². The molecule has 1 aromatic carbocycles. The molecule has 0 radical (unpaired) electrons. The van der Waals surface area contributed by atoms with E-state index in [1.807, 2.05) is 25.1 Å². The van der Waals surface area contributed by atoms with Gasteiger partial charge in [-0.25, -0.2) is 9.97 Å². The molecule has 0 fully saturated rings. The van der Waals surface area contributed by atoms with Crippen LogP contribution in [0, 0.1) is 18.3 Å². The molecule has 0 atom stereocenters. The first-order valence-corrected chi connectivity index (χ1v) is 10.0. The molecule has 3 heterocycles. The molecule has 9 nitrogen and oxygen atoms in total. The van der Waals surface area contributed by atoms with Crippen molar-refractivity contribution in [2.45, 2.75) is 11.8 Å². The Bertz CT molecular complexity index is 1280. The molecule has 0 unspecified atom stereocenters. The summed E-state index contributed by atoms with van der Waals surface area (Å²) in [6, 6.07) is 15.1. The number of hydrogen-bond acceptors (Lipinski definition) is 7. The van der Waals surface area contributed by atoms with Crippen LogP contribution >= 0.6 is 0 Å². The molecule has 0 bridgehead atoms. The van der Waals surface area contributed by atoms with E-state index in [-0.39, 0.29) is 4.90 Å². The highest BCUT2D eigenvalue weighted by molar-refractivity contribution is 7.85. The Labute approximate surface area is 172 Å². The van der Waals surface area contributed by atoms with Crippen LogP contribution in [0.2, 0.25) is 0 Å². The van der Waals surface area contributed by atoms with Gasteiger partial charge in [0.2, 0.25) is 0 Å². The molecule has 3 aromatic heterocycles. The standard InChI is InChI=1S/C13H8N6.C7H8O3S/c14-8-11-7-10(3-6-16-11)13-17-12(18-19-13)9-1-4-15-5-2-9;1-6-2-4-7(5-3-6)11(8,9)10/h1-7H,(H,17,18,19);2-5H,1H3,(H,8,9,10). The lowest BCUT2D eigenvalue weighted by Crippen LogP contribution is -1.96. The van der Waals surface area contributed by atoms with Crippen LogP contribution in [0.3, 0.4) is 0 Å². The molecular formula is C20H16N6O3S. The van der Waals surface area contributed by atoms with Crippen molar-refractivity contribution in [2.75, 3.05) is 0 Å². The van der Waals surface area contributed by atoms with Crippen LogP contribution in [0.4, 0.5) is 0 Å². The molecular weight excluding hydrogens is 404 g/mol. The molecule has 0 aliphatic carbocycles. The zero-order valence-electron chi connectivity index (χ0n) is 15.8. The first-order valence-electron chi connectivity index (χ1n) is 8.60. The molecule has 0 aliphatic rings. The number of rotatable bonds is 3. The summed E-state index contributed by atoms with van der Waals surface area (Å²) < 4.78 is 29.6. The number of hydrogen-bond donors (Lipinski definition) is 2. The van der Waals surface area contributed by atoms with E-state index in [0.29, 0.717) is 17.3 Å². The molecule has 4 rings (SSSR count). The maximum atomic E-state index is 10.5. The number of benzene rings is 1. The van der Waals surface area contributed by atoms with Crippen LogP contribution in [0.15, 0.2) is 72.0 Å². The number of H-pyrrole nitrogens is 1. The molecule has 30 heavy (non-hydrogen) atoms. The summed E-state index contributed by atoms with van der Waals surface area (Å²) in [4.78, 5) is 12.2. The fraction of sp³-hybridized carbons (Fsp3) is 0.0500. The summed E-state index contributed by atoms with van der Waals surface area (Å²) in [7, 11) is -4.02. The van der Waals surface area contributed by atoms with E-state index in [2.05, 4.69) is 25.1 Å². The minimum atomic E-state index is -4.02. The lowest BCUT2D eigenvalue weighted by atomic mass is 10.2. The van der Waals surface area contributed by atoms with Crippen LogP contribution in [-0.2, 0) is 10.1 Å². The SMILES string of the molecule is Cc1ccc(S(=O)(=O)O)cc1.N#Cc1cc(-c2nc(-c3ccncc3)n[nH]2)ccn1. The summed E-state index contributed by atoms with van der Waals surface area (Å²) in [5.41, 5.74) is 2.96. The van der Waals surface area contributed by atoms with Crippen LogP contribution in [-0.4, -0.2) is 38.1 Å². The quantitative estimate of drug-likeness (QED) is 0.481. The molecule has 0 saturated carbocycles. The predicted molar refractivity (Wildman–Crippen MR) is 109 cm³/mol. The van der Waals surface area contributed by atoms with Gasteiger partial charge in [-0.05, 0) is 43.3 Å². The Hall–Kier alpha value is -3.94. The third-order valence-corrected chi connectivity index (χ3v) is 4.76. The van der Waals surface area contributed by atoms with Crippen molar-refractivity contribution in [2.24, 2.45) is 0 Å². The normalized spacial score (nSPS) is 10.6. The van der Waals surface area contributed by atoms with E-state index >= 15 is 0 Å². The number of aryl methyl sites for hydroxylation is 1. The zero-order chi connectivity index (χ0) is 21.6. The fourth-order valence-electron chi connectivity index (χ4n) is 2.37. The highest BCUT2D eigenvalue weighted by Crippen LogP contribution is 2.19. The average molecular weight is 420 g/mol. The van der Waals surface area contributed by atoms with E-state index in [0.717, 1.165) is 16.7 Å². The molecule has 0 amide bonds. The van der Waals surface area contributed by atoms with Crippen LogP contribution in [0.25, 0.3) is 22.8 Å². The zero-order valence-corrected chi connectivity index (χ0v) is 16.6. The van der Waals surface area contributed by atoms with Gasteiger partial charge in [-0.15, -0.1) is 0 Å². The summed E-state index contributed by atoms with van der Waals surface area (Å²) in [5.74, 6) is 1.19.